The Balaban J connectivity index is 1.50. The van der Waals surface area contributed by atoms with Gasteiger partial charge in [0.05, 0.1) is 23.8 Å². The Hall–Kier alpha value is -2.35. The molecule has 2 aromatic heterocycles. The van der Waals surface area contributed by atoms with Crippen molar-refractivity contribution in [2.24, 2.45) is 0 Å². The minimum absolute atomic E-state index is 0.0393. The molecule has 3 heterocycles. The average Bonchev–Trinajstić information content (AvgIpc) is 3.41. The average molecular weight is 404 g/mol. The lowest BCUT2D eigenvalue weighted by Gasteiger charge is -2.12. The molecule has 1 atom stereocenters. The number of nitrogens with one attached hydrogen (secondary N) is 1. The number of rotatable bonds is 6. The summed E-state index contributed by atoms with van der Waals surface area (Å²) >= 11 is 0. The van der Waals surface area contributed by atoms with Crippen molar-refractivity contribution >= 4 is 15.7 Å². The lowest BCUT2D eigenvalue weighted by atomic mass is 9.97. The molecule has 8 heteroatoms. The fraction of sp³-hybridized carbons (Fsp3) is 0.500. The van der Waals surface area contributed by atoms with Crippen LogP contribution in [-0.4, -0.2) is 42.2 Å². The summed E-state index contributed by atoms with van der Waals surface area (Å²) < 4.78 is 30.9. The number of hydrogen-bond donors (Lipinski definition) is 1. The van der Waals surface area contributed by atoms with Gasteiger partial charge < -0.3 is 9.73 Å². The maximum Gasteiger partial charge on any atom is 0.271 e. The monoisotopic (exact) mass is 403 g/mol. The van der Waals surface area contributed by atoms with E-state index in [1.54, 1.807) is 29.1 Å². The molecule has 0 spiro atoms. The van der Waals surface area contributed by atoms with E-state index in [-0.39, 0.29) is 29.1 Å². The molecule has 4 rings (SSSR count). The van der Waals surface area contributed by atoms with Gasteiger partial charge in [0.2, 0.25) is 0 Å². The second kappa shape index (κ2) is 7.95. The quantitative estimate of drug-likeness (QED) is 0.748. The lowest BCUT2D eigenvalue weighted by molar-refractivity contribution is 0.0948. The lowest BCUT2D eigenvalue weighted by Crippen LogP contribution is -2.25. The first kappa shape index (κ1) is 19.0. The number of hydrogen-bond acceptors (Lipinski definition) is 5. The summed E-state index contributed by atoms with van der Waals surface area (Å²) in [6.07, 6.45) is 9.90. The Morgan fingerprint density at radius 2 is 2.25 bits per heavy atom. The Kier molecular flexibility index (Phi) is 5.39. The number of carbonyl (C=O) groups is 1. The number of aromatic nitrogens is 2. The van der Waals surface area contributed by atoms with Gasteiger partial charge in [-0.1, -0.05) is 11.6 Å². The molecule has 1 N–H and O–H groups in total. The Bertz CT molecular complexity index is 973. The molecule has 2 aliphatic rings. The van der Waals surface area contributed by atoms with Gasteiger partial charge in [0.15, 0.2) is 21.3 Å². The molecular weight excluding hydrogens is 378 g/mol. The first-order valence-corrected chi connectivity index (χ1v) is 11.6. The smallest absolute Gasteiger partial charge is 0.271 e. The molecule has 1 unspecified atom stereocenters. The third kappa shape index (κ3) is 4.22. The van der Waals surface area contributed by atoms with Gasteiger partial charge >= 0.3 is 0 Å². The second-order valence-corrected chi connectivity index (χ2v) is 9.74. The van der Waals surface area contributed by atoms with Crippen LogP contribution < -0.4 is 5.32 Å². The van der Waals surface area contributed by atoms with E-state index in [1.807, 2.05) is 0 Å². The highest BCUT2D eigenvalue weighted by Crippen LogP contribution is 2.30. The number of carbonyl (C=O) groups excluding carboxylic acids is 1. The first-order valence-electron chi connectivity index (χ1n) is 9.82. The fourth-order valence-corrected chi connectivity index (χ4v) is 5.61. The van der Waals surface area contributed by atoms with Crippen molar-refractivity contribution < 1.29 is 17.6 Å². The van der Waals surface area contributed by atoms with E-state index in [9.17, 15) is 13.2 Å². The van der Waals surface area contributed by atoms with Gasteiger partial charge in [-0.25, -0.2) is 8.42 Å². The number of allylic oxidation sites excluding steroid dienone is 1. The molecule has 28 heavy (non-hydrogen) atoms. The zero-order valence-corrected chi connectivity index (χ0v) is 16.6. The minimum atomic E-state index is -3.07. The highest BCUT2D eigenvalue weighted by atomic mass is 32.2. The van der Waals surface area contributed by atoms with Crippen molar-refractivity contribution in [3.8, 4) is 11.5 Å². The van der Waals surface area contributed by atoms with Crippen LogP contribution in [0.5, 0.6) is 0 Å². The number of nitrogens with zero attached hydrogens (tertiary/aromatic N) is 2. The fourth-order valence-electron chi connectivity index (χ4n) is 3.92. The van der Waals surface area contributed by atoms with Crippen LogP contribution in [0.1, 0.15) is 55.1 Å². The molecule has 1 saturated heterocycles. The van der Waals surface area contributed by atoms with Crippen LogP contribution in [-0.2, 0) is 9.84 Å². The zero-order valence-electron chi connectivity index (χ0n) is 15.8. The Morgan fingerprint density at radius 1 is 1.36 bits per heavy atom. The van der Waals surface area contributed by atoms with E-state index >= 15 is 0 Å². The van der Waals surface area contributed by atoms with E-state index < -0.39 is 9.84 Å². The molecule has 1 amide bonds. The van der Waals surface area contributed by atoms with Crippen molar-refractivity contribution in [1.29, 1.82) is 0 Å². The van der Waals surface area contributed by atoms with E-state index in [0.29, 0.717) is 24.4 Å². The standard InChI is InChI=1S/C20H25N3O4S/c24-20(21-10-8-15-5-2-1-3-6-15)17-13-18(19-7-4-11-27-19)23(22-17)16-9-12-28(25,26)14-16/h4-5,7,11,13,16H,1-3,6,8-10,12,14H2,(H,21,24). The number of furan rings is 1. The van der Waals surface area contributed by atoms with Crippen molar-refractivity contribution in [1.82, 2.24) is 15.1 Å². The first-order chi connectivity index (χ1) is 13.5. The predicted octanol–water partition coefficient (Wildman–Crippen LogP) is 3.12. The summed E-state index contributed by atoms with van der Waals surface area (Å²) in [5.41, 5.74) is 2.32. The Labute approximate surface area is 164 Å². The van der Waals surface area contributed by atoms with Gasteiger partial charge in [0.1, 0.15) is 5.69 Å². The van der Waals surface area contributed by atoms with Gasteiger partial charge in [-0.05, 0) is 50.7 Å². The molecule has 1 aliphatic carbocycles. The third-order valence-corrected chi connectivity index (χ3v) is 7.16. The van der Waals surface area contributed by atoms with E-state index in [0.717, 1.165) is 19.3 Å². The molecule has 150 valence electrons. The summed E-state index contributed by atoms with van der Waals surface area (Å²) in [6, 6.07) is 4.95. The molecule has 1 fully saturated rings. The van der Waals surface area contributed by atoms with Crippen molar-refractivity contribution in [2.75, 3.05) is 18.1 Å². The minimum Gasteiger partial charge on any atom is -0.463 e. The van der Waals surface area contributed by atoms with Crippen LogP contribution in [0, 0.1) is 0 Å². The van der Waals surface area contributed by atoms with Crippen molar-refractivity contribution in [2.45, 2.75) is 44.6 Å². The number of amides is 1. The number of sulfone groups is 1. The predicted molar refractivity (Wildman–Crippen MR) is 106 cm³/mol. The molecule has 7 nitrogen and oxygen atoms in total. The van der Waals surface area contributed by atoms with Gasteiger partial charge in [-0.2, -0.15) is 5.10 Å². The largest absolute Gasteiger partial charge is 0.463 e. The van der Waals surface area contributed by atoms with Crippen molar-refractivity contribution in [3.63, 3.8) is 0 Å². The topological polar surface area (TPSA) is 94.2 Å². The summed E-state index contributed by atoms with van der Waals surface area (Å²) in [6.45, 7) is 0.575. The highest BCUT2D eigenvalue weighted by molar-refractivity contribution is 7.91. The van der Waals surface area contributed by atoms with Crippen LogP contribution in [0.25, 0.3) is 11.5 Å². The second-order valence-electron chi connectivity index (χ2n) is 7.51. The summed E-state index contributed by atoms with van der Waals surface area (Å²) in [4.78, 5) is 12.6. The Morgan fingerprint density at radius 3 is 2.93 bits per heavy atom. The molecule has 2 aromatic rings. The van der Waals surface area contributed by atoms with Crippen LogP contribution in [0.4, 0.5) is 0 Å². The van der Waals surface area contributed by atoms with Gasteiger partial charge in [-0.15, -0.1) is 0 Å². The van der Waals surface area contributed by atoms with Crippen LogP contribution >= 0.6 is 0 Å². The molecule has 1 aliphatic heterocycles. The van der Waals surface area contributed by atoms with Crippen molar-refractivity contribution in [3.05, 3.63) is 41.8 Å². The molecule has 0 aromatic carbocycles. The van der Waals surface area contributed by atoms with Crippen LogP contribution in [0.2, 0.25) is 0 Å². The highest BCUT2D eigenvalue weighted by Gasteiger charge is 2.32. The van der Waals surface area contributed by atoms with Gasteiger partial charge in [-0.3, -0.25) is 9.48 Å². The molecule has 0 bridgehead atoms. The van der Waals surface area contributed by atoms with E-state index in [2.05, 4.69) is 16.5 Å². The summed E-state index contributed by atoms with van der Waals surface area (Å²) in [5, 5.41) is 7.38. The molecule has 0 saturated carbocycles. The summed E-state index contributed by atoms with van der Waals surface area (Å²) in [5.74, 6) is 0.510. The van der Waals surface area contributed by atoms with E-state index in [1.165, 1.54) is 18.4 Å². The summed E-state index contributed by atoms with van der Waals surface area (Å²) in [7, 11) is -3.07. The normalized spacial score (nSPS) is 21.4. The SMILES string of the molecule is O=C(NCCC1=CCCCC1)c1cc(-c2ccco2)n(C2CCS(=O)(=O)C2)n1. The maximum absolute atomic E-state index is 12.6. The third-order valence-electron chi connectivity index (χ3n) is 5.41. The molecule has 0 radical (unpaired) electrons. The van der Waals surface area contributed by atoms with E-state index in [4.69, 9.17) is 4.42 Å². The maximum atomic E-state index is 12.6. The zero-order chi connectivity index (χ0) is 19.6. The van der Waals surface area contributed by atoms with Gasteiger partial charge in [0, 0.05) is 12.6 Å². The van der Waals surface area contributed by atoms with Gasteiger partial charge in [0.25, 0.3) is 5.91 Å². The van der Waals surface area contributed by atoms with Crippen LogP contribution in [0.3, 0.4) is 0 Å². The van der Waals surface area contributed by atoms with Crippen LogP contribution in [0.15, 0.2) is 40.5 Å². The molecular formula is C20H25N3O4S.